The van der Waals surface area contributed by atoms with Crippen molar-refractivity contribution in [1.29, 1.82) is 0 Å². The van der Waals surface area contributed by atoms with Crippen LogP contribution in [-0.4, -0.2) is 26.5 Å². The van der Waals surface area contributed by atoms with Gasteiger partial charge in [0.25, 0.3) is 0 Å². The number of ketones is 1. The number of rotatable bonds is 4. The van der Waals surface area contributed by atoms with E-state index in [2.05, 4.69) is 5.32 Å². The number of benzene rings is 1. The van der Waals surface area contributed by atoms with Gasteiger partial charge in [0.2, 0.25) is 0 Å². The van der Waals surface area contributed by atoms with Crippen molar-refractivity contribution in [2.75, 3.05) is 20.7 Å². The molecule has 0 aliphatic heterocycles. The summed E-state index contributed by atoms with van der Waals surface area (Å²) < 4.78 is 5.20. The molecule has 0 saturated heterocycles. The topological polar surface area (TPSA) is 38.3 Å². The molecule has 0 aliphatic rings. The largest absolute Gasteiger partial charge is 0.494 e. The Morgan fingerprint density at radius 1 is 1.50 bits per heavy atom. The molecule has 0 unspecified atom stereocenters. The highest BCUT2D eigenvalue weighted by molar-refractivity contribution is 6.33. The number of methoxy groups -OCH3 is 1. The van der Waals surface area contributed by atoms with Crippen molar-refractivity contribution in [2.24, 2.45) is 0 Å². The van der Waals surface area contributed by atoms with Gasteiger partial charge in [0.1, 0.15) is 5.75 Å². The fourth-order valence-electron chi connectivity index (χ4n) is 1.64. The molecule has 0 saturated carbocycles. The van der Waals surface area contributed by atoms with Crippen molar-refractivity contribution < 1.29 is 9.53 Å². The second kappa shape index (κ2) is 5.32. The van der Waals surface area contributed by atoms with Gasteiger partial charge in [0, 0.05) is 0 Å². The van der Waals surface area contributed by atoms with Gasteiger partial charge in [-0.1, -0.05) is 11.6 Å². The maximum absolute atomic E-state index is 11.9. The smallest absolute Gasteiger partial charge is 0.180 e. The van der Waals surface area contributed by atoms with E-state index in [1.165, 1.54) is 7.11 Å². The maximum atomic E-state index is 11.9. The number of halogens is 1. The van der Waals surface area contributed by atoms with Crippen LogP contribution in [0, 0.1) is 13.8 Å². The minimum absolute atomic E-state index is 0.0116. The van der Waals surface area contributed by atoms with Gasteiger partial charge in [-0.15, -0.1) is 0 Å². The van der Waals surface area contributed by atoms with Crippen molar-refractivity contribution in [3.05, 3.63) is 27.8 Å². The van der Waals surface area contributed by atoms with Crippen molar-refractivity contribution in [1.82, 2.24) is 5.32 Å². The van der Waals surface area contributed by atoms with Crippen molar-refractivity contribution in [3.8, 4) is 5.75 Å². The van der Waals surface area contributed by atoms with Gasteiger partial charge in [0.15, 0.2) is 5.78 Å². The molecule has 0 atom stereocenters. The lowest BCUT2D eigenvalue weighted by Crippen LogP contribution is -2.20. The van der Waals surface area contributed by atoms with Crippen LogP contribution < -0.4 is 10.1 Å². The summed E-state index contributed by atoms with van der Waals surface area (Å²) in [7, 11) is 3.25. The van der Waals surface area contributed by atoms with Crippen molar-refractivity contribution in [2.45, 2.75) is 13.8 Å². The first-order chi connectivity index (χ1) is 7.52. The van der Waals surface area contributed by atoms with E-state index in [1.807, 2.05) is 19.9 Å². The third kappa shape index (κ3) is 2.36. The first-order valence-corrected chi connectivity index (χ1v) is 5.42. The minimum Gasteiger partial charge on any atom is -0.494 e. The highest BCUT2D eigenvalue weighted by Gasteiger charge is 2.19. The molecule has 3 nitrogen and oxygen atoms in total. The van der Waals surface area contributed by atoms with Gasteiger partial charge in [0.05, 0.1) is 24.2 Å². The number of hydrogen-bond acceptors (Lipinski definition) is 3. The molecule has 0 aromatic heterocycles. The summed E-state index contributed by atoms with van der Waals surface area (Å²) >= 11 is 6.05. The van der Waals surface area contributed by atoms with Gasteiger partial charge in [-0.3, -0.25) is 4.79 Å². The van der Waals surface area contributed by atoms with Crippen LogP contribution in [0.3, 0.4) is 0 Å². The van der Waals surface area contributed by atoms with Crippen molar-refractivity contribution in [3.63, 3.8) is 0 Å². The maximum Gasteiger partial charge on any atom is 0.180 e. The van der Waals surface area contributed by atoms with E-state index in [0.29, 0.717) is 16.3 Å². The van der Waals surface area contributed by atoms with E-state index in [0.717, 1.165) is 11.1 Å². The van der Waals surface area contributed by atoms with Crippen LogP contribution in [0.1, 0.15) is 21.5 Å². The van der Waals surface area contributed by atoms with Gasteiger partial charge in [-0.05, 0) is 38.1 Å². The summed E-state index contributed by atoms with van der Waals surface area (Å²) in [5.41, 5.74) is 2.48. The zero-order chi connectivity index (χ0) is 12.3. The third-order valence-electron chi connectivity index (χ3n) is 2.57. The molecule has 0 spiro atoms. The Labute approximate surface area is 101 Å². The Morgan fingerprint density at radius 3 is 2.62 bits per heavy atom. The molecule has 1 aromatic carbocycles. The Bertz CT molecular complexity index is 416. The first kappa shape index (κ1) is 13.0. The number of ether oxygens (including phenoxy) is 1. The number of nitrogens with one attached hydrogen (secondary N) is 1. The molecule has 1 N–H and O–H groups in total. The van der Waals surface area contributed by atoms with Gasteiger partial charge >= 0.3 is 0 Å². The summed E-state index contributed by atoms with van der Waals surface area (Å²) in [5, 5.41) is 3.31. The molecule has 1 rings (SSSR count). The Kier molecular flexibility index (Phi) is 4.33. The van der Waals surface area contributed by atoms with E-state index in [-0.39, 0.29) is 12.3 Å². The molecule has 0 amide bonds. The molecule has 88 valence electrons. The number of Topliss-reactive ketones (excluding diaryl/α,β-unsaturated/α-hetero) is 1. The fourth-order valence-corrected chi connectivity index (χ4v) is 1.97. The molecule has 0 radical (unpaired) electrons. The van der Waals surface area contributed by atoms with E-state index in [4.69, 9.17) is 16.3 Å². The number of aryl methyl sites for hydroxylation is 1. The monoisotopic (exact) mass is 241 g/mol. The standard InChI is InChI=1S/C12H16ClNO2/c1-7-5-9(13)12(16-4)11(8(7)2)10(15)6-14-3/h5,14H,6H2,1-4H3. The quantitative estimate of drug-likeness (QED) is 0.823. The van der Waals surface area contributed by atoms with E-state index >= 15 is 0 Å². The summed E-state index contributed by atoms with van der Waals surface area (Å²) in [6, 6.07) is 1.81. The zero-order valence-corrected chi connectivity index (χ0v) is 10.7. The highest BCUT2D eigenvalue weighted by Crippen LogP contribution is 2.33. The summed E-state index contributed by atoms with van der Waals surface area (Å²) in [5.74, 6) is 0.451. The van der Waals surface area contributed by atoms with Gasteiger partial charge in [-0.25, -0.2) is 0 Å². The number of likely N-dealkylation sites (N-methyl/N-ethyl adjacent to an activating group) is 1. The van der Waals surface area contributed by atoms with Crippen LogP contribution >= 0.6 is 11.6 Å². The molecule has 0 aliphatic carbocycles. The van der Waals surface area contributed by atoms with E-state index in [9.17, 15) is 4.79 Å². The molecular formula is C12H16ClNO2. The lowest BCUT2D eigenvalue weighted by molar-refractivity contribution is 0.0990. The molecule has 0 bridgehead atoms. The molecule has 16 heavy (non-hydrogen) atoms. The van der Waals surface area contributed by atoms with Gasteiger partial charge < -0.3 is 10.1 Å². The fraction of sp³-hybridized carbons (Fsp3) is 0.417. The molecule has 4 heteroatoms. The average molecular weight is 242 g/mol. The normalized spacial score (nSPS) is 10.3. The van der Waals surface area contributed by atoms with E-state index in [1.54, 1.807) is 7.05 Å². The van der Waals surface area contributed by atoms with Crippen LogP contribution in [0.5, 0.6) is 5.75 Å². The summed E-state index contributed by atoms with van der Waals surface area (Å²) in [6.45, 7) is 4.10. The predicted octanol–water partition coefficient (Wildman–Crippen LogP) is 2.37. The summed E-state index contributed by atoms with van der Waals surface area (Å²) in [4.78, 5) is 11.9. The highest BCUT2D eigenvalue weighted by atomic mass is 35.5. The number of carbonyl (C=O) groups excluding carboxylic acids is 1. The van der Waals surface area contributed by atoms with Crippen LogP contribution in [0.15, 0.2) is 6.07 Å². The molecule has 0 fully saturated rings. The second-order valence-electron chi connectivity index (χ2n) is 3.66. The Balaban J connectivity index is 3.38. The number of carbonyl (C=O) groups is 1. The number of hydrogen-bond donors (Lipinski definition) is 1. The molecule has 1 aromatic rings. The molecular weight excluding hydrogens is 226 g/mol. The average Bonchev–Trinajstić information content (AvgIpc) is 2.23. The molecule has 0 heterocycles. The van der Waals surface area contributed by atoms with Gasteiger partial charge in [-0.2, -0.15) is 0 Å². The lowest BCUT2D eigenvalue weighted by atomic mass is 9.98. The van der Waals surface area contributed by atoms with Crippen LogP contribution in [0.25, 0.3) is 0 Å². The first-order valence-electron chi connectivity index (χ1n) is 5.04. The lowest BCUT2D eigenvalue weighted by Gasteiger charge is -2.14. The third-order valence-corrected chi connectivity index (χ3v) is 2.85. The van der Waals surface area contributed by atoms with Crippen LogP contribution in [0.4, 0.5) is 0 Å². The van der Waals surface area contributed by atoms with Crippen molar-refractivity contribution >= 4 is 17.4 Å². The Hall–Kier alpha value is -1.06. The second-order valence-corrected chi connectivity index (χ2v) is 4.07. The SMILES string of the molecule is CNCC(=O)c1c(C)c(C)cc(Cl)c1OC. The summed E-state index contributed by atoms with van der Waals surface area (Å²) in [6.07, 6.45) is 0. The Morgan fingerprint density at radius 2 is 2.12 bits per heavy atom. The van der Waals surface area contributed by atoms with Crippen LogP contribution in [-0.2, 0) is 0 Å². The minimum atomic E-state index is -0.0116. The zero-order valence-electron chi connectivity index (χ0n) is 9.98. The van der Waals surface area contributed by atoms with E-state index < -0.39 is 0 Å². The van der Waals surface area contributed by atoms with Crippen LogP contribution in [0.2, 0.25) is 5.02 Å². The predicted molar refractivity (Wildman–Crippen MR) is 65.7 cm³/mol.